The van der Waals surface area contributed by atoms with Gasteiger partial charge in [-0.2, -0.15) is 0 Å². The van der Waals surface area contributed by atoms with Crippen LogP contribution in [0.2, 0.25) is 0 Å². The Bertz CT molecular complexity index is 1130. The number of benzene rings is 3. The van der Waals surface area contributed by atoms with Crippen LogP contribution >= 0.6 is 0 Å². The summed E-state index contributed by atoms with van der Waals surface area (Å²) in [6.45, 7) is 2.36. The van der Waals surface area contributed by atoms with Gasteiger partial charge in [0.1, 0.15) is 11.8 Å². The third-order valence-electron chi connectivity index (χ3n) is 5.81. The van der Waals surface area contributed by atoms with E-state index in [-0.39, 0.29) is 18.2 Å². The Kier molecular flexibility index (Phi) is 9.12. The lowest BCUT2D eigenvalue weighted by molar-refractivity contribution is -0.140. The van der Waals surface area contributed by atoms with Crippen LogP contribution in [0.5, 0.6) is 17.2 Å². The van der Waals surface area contributed by atoms with Crippen LogP contribution in [0.3, 0.4) is 0 Å². The van der Waals surface area contributed by atoms with Crippen molar-refractivity contribution in [2.24, 2.45) is 0 Å². The summed E-state index contributed by atoms with van der Waals surface area (Å²) in [6, 6.07) is 21.8. The Morgan fingerprint density at radius 3 is 2.14 bits per heavy atom. The smallest absolute Gasteiger partial charge is 0.242 e. The number of rotatable bonds is 11. The summed E-state index contributed by atoms with van der Waals surface area (Å²) in [4.78, 5) is 28.2. The molecular weight excluding hydrogens is 444 g/mol. The van der Waals surface area contributed by atoms with Crippen LogP contribution in [0.4, 0.5) is 0 Å². The minimum Gasteiger partial charge on any atom is -0.496 e. The highest BCUT2D eigenvalue weighted by atomic mass is 16.5. The lowest BCUT2D eigenvalue weighted by Crippen LogP contribution is -2.48. The van der Waals surface area contributed by atoms with E-state index < -0.39 is 6.04 Å². The molecule has 7 nitrogen and oxygen atoms in total. The molecule has 1 N–H and O–H groups in total. The van der Waals surface area contributed by atoms with Gasteiger partial charge in [-0.1, -0.05) is 54.6 Å². The van der Waals surface area contributed by atoms with Crippen molar-refractivity contribution in [1.82, 2.24) is 10.2 Å². The highest BCUT2D eigenvalue weighted by molar-refractivity contribution is 5.88. The van der Waals surface area contributed by atoms with Crippen molar-refractivity contribution in [2.75, 3.05) is 21.3 Å². The Balaban J connectivity index is 1.77. The number of ether oxygens (including phenoxy) is 3. The maximum atomic E-state index is 13.4. The molecule has 0 aliphatic carbocycles. The first-order valence-electron chi connectivity index (χ1n) is 11.4. The molecule has 3 rings (SSSR count). The third-order valence-corrected chi connectivity index (χ3v) is 5.81. The number of methoxy groups -OCH3 is 3. The van der Waals surface area contributed by atoms with Gasteiger partial charge < -0.3 is 24.4 Å². The summed E-state index contributed by atoms with van der Waals surface area (Å²) in [5.74, 6) is 1.43. The van der Waals surface area contributed by atoms with E-state index in [1.165, 1.54) is 0 Å². The number of nitrogens with one attached hydrogen (secondary N) is 1. The van der Waals surface area contributed by atoms with Crippen LogP contribution in [0.1, 0.15) is 23.6 Å². The molecule has 3 aromatic carbocycles. The van der Waals surface area contributed by atoms with Crippen LogP contribution in [-0.4, -0.2) is 44.1 Å². The van der Waals surface area contributed by atoms with E-state index in [2.05, 4.69) is 5.32 Å². The van der Waals surface area contributed by atoms with E-state index in [1.54, 1.807) is 45.3 Å². The molecule has 7 heteroatoms. The fourth-order valence-electron chi connectivity index (χ4n) is 3.81. The molecule has 0 bridgehead atoms. The summed E-state index contributed by atoms with van der Waals surface area (Å²) in [5.41, 5.74) is 2.58. The zero-order chi connectivity index (χ0) is 25.2. The van der Waals surface area contributed by atoms with Crippen LogP contribution < -0.4 is 19.5 Å². The van der Waals surface area contributed by atoms with E-state index in [1.807, 2.05) is 60.7 Å². The molecule has 2 amide bonds. The second kappa shape index (κ2) is 12.5. The van der Waals surface area contributed by atoms with Crippen molar-refractivity contribution in [1.29, 1.82) is 0 Å². The molecule has 0 aromatic heterocycles. The first-order valence-corrected chi connectivity index (χ1v) is 11.4. The molecule has 184 valence electrons. The Morgan fingerprint density at radius 1 is 0.800 bits per heavy atom. The number of nitrogens with zero attached hydrogens (tertiary/aromatic N) is 1. The highest BCUT2D eigenvalue weighted by Crippen LogP contribution is 2.28. The van der Waals surface area contributed by atoms with E-state index in [0.29, 0.717) is 30.3 Å². The fraction of sp³-hybridized carbons (Fsp3) is 0.286. The molecular formula is C28H32N2O5. The second-order valence-corrected chi connectivity index (χ2v) is 8.08. The van der Waals surface area contributed by atoms with Gasteiger partial charge in [-0.25, -0.2) is 0 Å². The van der Waals surface area contributed by atoms with E-state index in [0.717, 1.165) is 16.7 Å². The normalized spacial score (nSPS) is 11.3. The van der Waals surface area contributed by atoms with Crippen LogP contribution in [0.15, 0.2) is 72.8 Å². The third kappa shape index (κ3) is 6.76. The zero-order valence-electron chi connectivity index (χ0n) is 20.6. The van der Waals surface area contributed by atoms with E-state index in [4.69, 9.17) is 14.2 Å². The molecule has 35 heavy (non-hydrogen) atoms. The van der Waals surface area contributed by atoms with Crippen LogP contribution in [0.25, 0.3) is 0 Å². The molecule has 0 aliphatic heterocycles. The van der Waals surface area contributed by atoms with Gasteiger partial charge in [-0.05, 0) is 36.2 Å². The molecule has 0 fully saturated rings. The standard InChI is InChI=1S/C28H32N2O5/c1-20(28(32)29-18-23-12-8-9-13-24(23)33-2)30(19-21-10-6-5-7-11-21)27(31)17-22-14-15-25(34-3)26(16-22)35-4/h5-16,20H,17-19H2,1-4H3,(H,29,32)/t20-/m0/s1. The first-order chi connectivity index (χ1) is 17.0. The van der Waals surface area contributed by atoms with Gasteiger partial charge >= 0.3 is 0 Å². The topological polar surface area (TPSA) is 77.1 Å². The molecule has 0 unspecified atom stereocenters. The Hall–Kier alpha value is -4.00. The van der Waals surface area contributed by atoms with Crippen LogP contribution in [0, 0.1) is 0 Å². The fourth-order valence-corrected chi connectivity index (χ4v) is 3.81. The molecule has 1 atom stereocenters. The number of hydrogen-bond donors (Lipinski definition) is 1. The van der Waals surface area contributed by atoms with E-state index >= 15 is 0 Å². The molecule has 0 spiro atoms. The van der Waals surface area contributed by atoms with Crippen molar-refractivity contribution in [2.45, 2.75) is 32.5 Å². The summed E-state index contributed by atoms with van der Waals surface area (Å²) >= 11 is 0. The van der Waals surface area contributed by atoms with Crippen molar-refractivity contribution in [3.05, 3.63) is 89.5 Å². The summed E-state index contributed by atoms with van der Waals surface area (Å²) < 4.78 is 16.0. The molecule has 0 radical (unpaired) electrons. The Morgan fingerprint density at radius 2 is 1.46 bits per heavy atom. The van der Waals surface area contributed by atoms with Crippen molar-refractivity contribution in [3.63, 3.8) is 0 Å². The minimum absolute atomic E-state index is 0.122. The minimum atomic E-state index is -0.683. The van der Waals surface area contributed by atoms with E-state index in [9.17, 15) is 9.59 Å². The van der Waals surface area contributed by atoms with Crippen molar-refractivity contribution in [3.8, 4) is 17.2 Å². The molecule has 0 heterocycles. The van der Waals surface area contributed by atoms with Crippen molar-refractivity contribution >= 4 is 11.8 Å². The monoisotopic (exact) mass is 476 g/mol. The number of carbonyl (C=O) groups excluding carboxylic acids is 2. The lowest BCUT2D eigenvalue weighted by Gasteiger charge is -2.29. The van der Waals surface area contributed by atoms with Gasteiger partial charge in [0.15, 0.2) is 11.5 Å². The molecule has 0 saturated heterocycles. The number of hydrogen-bond acceptors (Lipinski definition) is 5. The summed E-state index contributed by atoms with van der Waals surface area (Å²) in [6.07, 6.45) is 0.122. The first kappa shape index (κ1) is 25.6. The van der Waals surface area contributed by atoms with Gasteiger partial charge in [0.2, 0.25) is 11.8 Å². The van der Waals surface area contributed by atoms with Gasteiger partial charge in [0.25, 0.3) is 0 Å². The highest BCUT2D eigenvalue weighted by Gasteiger charge is 2.26. The molecule has 3 aromatic rings. The van der Waals surface area contributed by atoms with Gasteiger partial charge in [0, 0.05) is 18.7 Å². The predicted molar refractivity (Wildman–Crippen MR) is 135 cm³/mol. The average molecular weight is 477 g/mol. The van der Waals surface area contributed by atoms with Gasteiger partial charge in [0.05, 0.1) is 27.8 Å². The predicted octanol–water partition coefficient (Wildman–Crippen LogP) is 3.99. The number of para-hydroxylation sites is 1. The maximum absolute atomic E-state index is 13.4. The van der Waals surface area contributed by atoms with Gasteiger partial charge in [-0.15, -0.1) is 0 Å². The molecule has 0 saturated carbocycles. The lowest BCUT2D eigenvalue weighted by atomic mass is 10.1. The van der Waals surface area contributed by atoms with Crippen LogP contribution in [-0.2, 0) is 29.1 Å². The van der Waals surface area contributed by atoms with Crippen molar-refractivity contribution < 1.29 is 23.8 Å². The summed E-state index contributed by atoms with van der Waals surface area (Å²) in [5, 5.41) is 2.94. The number of amides is 2. The second-order valence-electron chi connectivity index (χ2n) is 8.08. The van der Waals surface area contributed by atoms with Gasteiger partial charge in [-0.3, -0.25) is 9.59 Å². The summed E-state index contributed by atoms with van der Waals surface area (Å²) in [7, 11) is 4.71. The SMILES string of the molecule is COc1ccccc1CNC(=O)[C@H](C)N(Cc1ccccc1)C(=O)Cc1ccc(OC)c(OC)c1. The maximum Gasteiger partial charge on any atom is 0.242 e. The number of carbonyl (C=O) groups is 2. The zero-order valence-corrected chi connectivity index (χ0v) is 20.6. The quantitative estimate of drug-likeness (QED) is 0.453. The molecule has 0 aliphatic rings. The Labute approximate surface area is 206 Å². The largest absolute Gasteiger partial charge is 0.496 e. The average Bonchev–Trinajstić information content (AvgIpc) is 2.90.